The maximum absolute atomic E-state index is 12.2. The van der Waals surface area contributed by atoms with Crippen LogP contribution in [0.25, 0.3) is 0 Å². The van der Waals surface area contributed by atoms with E-state index in [-0.39, 0.29) is 26.1 Å². The highest BCUT2D eigenvalue weighted by atomic mass is 16.5. The van der Waals surface area contributed by atoms with Gasteiger partial charge >= 0.3 is 11.9 Å². The molecule has 0 bridgehead atoms. The van der Waals surface area contributed by atoms with Crippen LogP contribution in [-0.2, 0) is 28.7 Å². The Morgan fingerprint density at radius 3 is 1.48 bits per heavy atom. The Morgan fingerprint density at radius 2 is 1.22 bits per heavy atom. The van der Waals surface area contributed by atoms with Gasteiger partial charge in [-0.15, -0.1) is 0 Å². The fraction of sp³-hybridized carbons (Fsp3) is 0.765. The summed E-state index contributed by atoms with van der Waals surface area (Å²) in [5.41, 5.74) is -0.558. The van der Waals surface area contributed by atoms with Gasteiger partial charge in [-0.25, -0.2) is 9.59 Å². The molecule has 1 aliphatic rings. The van der Waals surface area contributed by atoms with Crippen molar-refractivity contribution in [2.24, 2.45) is 5.41 Å². The van der Waals surface area contributed by atoms with Gasteiger partial charge in [-0.3, -0.25) is 9.59 Å². The summed E-state index contributed by atoms with van der Waals surface area (Å²) in [5.74, 6) is -2.40. The first-order chi connectivity index (χ1) is 12.8. The van der Waals surface area contributed by atoms with E-state index in [1.807, 2.05) is 0 Å². The van der Waals surface area contributed by atoms with Crippen LogP contribution in [-0.4, -0.2) is 72.5 Å². The first-order valence-corrected chi connectivity index (χ1v) is 8.94. The van der Waals surface area contributed by atoms with Crippen molar-refractivity contribution in [3.8, 4) is 0 Å². The van der Waals surface area contributed by atoms with Crippen LogP contribution in [0.2, 0.25) is 0 Å². The molecule has 2 amide bonds. The maximum atomic E-state index is 12.2. The van der Waals surface area contributed by atoms with E-state index in [0.717, 1.165) is 0 Å². The van der Waals surface area contributed by atoms with Gasteiger partial charge in [0.05, 0.1) is 26.4 Å². The molecule has 0 aromatic carbocycles. The van der Waals surface area contributed by atoms with E-state index < -0.39 is 54.5 Å². The molecule has 10 heteroatoms. The molecule has 0 aromatic heterocycles. The quantitative estimate of drug-likeness (QED) is 0.299. The number of carbonyl (C=O) groups excluding carboxylic acids is 4. The molecule has 1 fully saturated rings. The molecule has 0 heterocycles. The second-order valence-corrected chi connectivity index (χ2v) is 6.46. The lowest BCUT2D eigenvalue weighted by Gasteiger charge is -2.20. The summed E-state index contributed by atoms with van der Waals surface area (Å²) in [6, 6.07) is -2.30. The zero-order valence-electron chi connectivity index (χ0n) is 15.7. The number of hydrogen-bond acceptors (Lipinski definition) is 8. The first-order valence-electron chi connectivity index (χ1n) is 8.94. The minimum absolute atomic E-state index is 0.000473. The monoisotopic (exact) mass is 388 g/mol. The SMILES string of the molecule is CCOC(=O)[C@@H](CO)NC(=O)CC1(CC(=O)N[C@H](CO)C(=O)OCC)CC1. The summed E-state index contributed by atoms with van der Waals surface area (Å²) in [4.78, 5) is 47.5. The van der Waals surface area contributed by atoms with Gasteiger partial charge < -0.3 is 30.3 Å². The number of esters is 2. The first kappa shape index (κ1) is 22.8. The van der Waals surface area contributed by atoms with Gasteiger partial charge in [0.15, 0.2) is 12.1 Å². The molecule has 154 valence electrons. The maximum Gasteiger partial charge on any atom is 0.331 e. The van der Waals surface area contributed by atoms with Gasteiger partial charge in [0.2, 0.25) is 11.8 Å². The van der Waals surface area contributed by atoms with Crippen molar-refractivity contribution in [3.63, 3.8) is 0 Å². The Kier molecular flexibility index (Phi) is 9.16. The van der Waals surface area contributed by atoms with E-state index >= 15 is 0 Å². The third-order valence-corrected chi connectivity index (χ3v) is 4.21. The second-order valence-electron chi connectivity index (χ2n) is 6.46. The number of aliphatic hydroxyl groups is 2. The summed E-state index contributed by atoms with van der Waals surface area (Å²) < 4.78 is 9.52. The predicted octanol–water partition coefficient (Wildman–Crippen LogP) is -1.37. The second kappa shape index (κ2) is 10.8. The predicted molar refractivity (Wildman–Crippen MR) is 92.2 cm³/mol. The van der Waals surface area contributed by atoms with Crippen LogP contribution in [0.5, 0.6) is 0 Å². The molecule has 0 spiro atoms. The van der Waals surface area contributed by atoms with Crippen molar-refractivity contribution in [1.29, 1.82) is 0 Å². The van der Waals surface area contributed by atoms with E-state index in [2.05, 4.69) is 10.6 Å². The van der Waals surface area contributed by atoms with Crippen LogP contribution in [0.3, 0.4) is 0 Å². The van der Waals surface area contributed by atoms with E-state index in [1.54, 1.807) is 13.8 Å². The smallest absolute Gasteiger partial charge is 0.331 e. The Bertz CT molecular complexity index is 503. The third-order valence-electron chi connectivity index (χ3n) is 4.21. The zero-order chi connectivity index (χ0) is 20.4. The number of ether oxygens (including phenoxy) is 2. The normalized spacial score (nSPS) is 16.6. The number of amides is 2. The topological polar surface area (TPSA) is 151 Å². The van der Waals surface area contributed by atoms with Gasteiger partial charge in [0.25, 0.3) is 0 Å². The highest BCUT2D eigenvalue weighted by Gasteiger charge is 2.46. The Labute approximate surface area is 157 Å². The van der Waals surface area contributed by atoms with Gasteiger partial charge in [0, 0.05) is 12.8 Å². The summed E-state index contributed by atoms with van der Waals surface area (Å²) in [7, 11) is 0. The third kappa shape index (κ3) is 7.51. The minimum atomic E-state index is -1.15. The molecular formula is C17H28N2O8. The summed E-state index contributed by atoms with van der Waals surface area (Å²) in [6.45, 7) is 2.30. The lowest BCUT2D eigenvalue weighted by Crippen LogP contribution is -2.46. The molecular weight excluding hydrogens is 360 g/mol. The molecule has 10 nitrogen and oxygen atoms in total. The summed E-state index contributed by atoms with van der Waals surface area (Å²) in [6.07, 6.45) is 1.28. The molecule has 27 heavy (non-hydrogen) atoms. The average molecular weight is 388 g/mol. The highest BCUT2D eigenvalue weighted by molar-refractivity contribution is 5.87. The molecule has 2 atom stereocenters. The van der Waals surface area contributed by atoms with E-state index in [4.69, 9.17) is 9.47 Å². The molecule has 0 aromatic rings. The van der Waals surface area contributed by atoms with Gasteiger partial charge in [-0.1, -0.05) is 0 Å². The van der Waals surface area contributed by atoms with Crippen LogP contribution in [0.1, 0.15) is 39.5 Å². The molecule has 0 radical (unpaired) electrons. The molecule has 4 N–H and O–H groups in total. The number of hydrogen-bond donors (Lipinski definition) is 4. The minimum Gasteiger partial charge on any atom is -0.464 e. The van der Waals surface area contributed by atoms with Crippen molar-refractivity contribution in [1.82, 2.24) is 10.6 Å². The summed E-state index contributed by atoms with van der Waals surface area (Å²) >= 11 is 0. The lowest BCUT2D eigenvalue weighted by atomic mass is 9.96. The average Bonchev–Trinajstić information content (AvgIpc) is 3.36. The number of aliphatic hydroxyl groups excluding tert-OH is 2. The van der Waals surface area contributed by atoms with Crippen LogP contribution in [0.4, 0.5) is 0 Å². The Morgan fingerprint density at radius 1 is 0.852 bits per heavy atom. The van der Waals surface area contributed by atoms with Gasteiger partial charge in [0.1, 0.15) is 0 Å². The molecule has 0 unspecified atom stereocenters. The van der Waals surface area contributed by atoms with E-state index in [9.17, 15) is 29.4 Å². The van der Waals surface area contributed by atoms with Crippen LogP contribution >= 0.6 is 0 Å². The van der Waals surface area contributed by atoms with Crippen molar-refractivity contribution < 1.29 is 38.9 Å². The van der Waals surface area contributed by atoms with Crippen LogP contribution in [0.15, 0.2) is 0 Å². The number of rotatable bonds is 12. The fourth-order valence-electron chi connectivity index (χ4n) is 2.61. The van der Waals surface area contributed by atoms with E-state index in [1.165, 1.54) is 0 Å². The van der Waals surface area contributed by atoms with Gasteiger partial charge in [-0.2, -0.15) is 0 Å². The Hall–Kier alpha value is -2.20. The zero-order valence-corrected chi connectivity index (χ0v) is 15.7. The van der Waals surface area contributed by atoms with Crippen LogP contribution in [0, 0.1) is 5.41 Å². The molecule has 0 aliphatic heterocycles. The van der Waals surface area contributed by atoms with Gasteiger partial charge in [-0.05, 0) is 32.1 Å². The van der Waals surface area contributed by atoms with Crippen molar-refractivity contribution in [3.05, 3.63) is 0 Å². The standard InChI is InChI=1S/C17H28N2O8/c1-3-26-15(24)11(9-20)18-13(22)7-17(5-6-17)8-14(23)19-12(10-21)16(25)27-4-2/h11-12,20-21H,3-10H2,1-2H3,(H,18,22)(H,19,23)/t11-,12-/m1/s1. The molecule has 1 rings (SSSR count). The van der Waals surface area contributed by atoms with Crippen molar-refractivity contribution in [2.75, 3.05) is 26.4 Å². The fourth-order valence-corrected chi connectivity index (χ4v) is 2.61. The molecule has 1 saturated carbocycles. The summed E-state index contributed by atoms with van der Waals surface area (Å²) in [5, 5.41) is 23.2. The van der Waals surface area contributed by atoms with Crippen LogP contribution < -0.4 is 10.6 Å². The van der Waals surface area contributed by atoms with Crippen molar-refractivity contribution in [2.45, 2.75) is 51.6 Å². The lowest BCUT2D eigenvalue weighted by molar-refractivity contribution is -0.148. The molecule has 1 aliphatic carbocycles. The highest BCUT2D eigenvalue weighted by Crippen LogP contribution is 2.51. The number of nitrogens with one attached hydrogen (secondary N) is 2. The largest absolute Gasteiger partial charge is 0.464 e. The van der Waals surface area contributed by atoms with Crippen molar-refractivity contribution >= 4 is 23.8 Å². The molecule has 0 saturated heterocycles. The Balaban J connectivity index is 2.53. The van der Waals surface area contributed by atoms with E-state index in [0.29, 0.717) is 12.8 Å². The number of carbonyl (C=O) groups is 4.